The van der Waals surface area contributed by atoms with Gasteiger partial charge >= 0.3 is 0 Å². The highest BCUT2D eigenvalue weighted by Gasteiger charge is 2.37. The van der Waals surface area contributed by atoms with Crippen molar-refractivity contribution in [2.24, 2.45) is 0 Å². The van der Waals surface area contributed by atoms with E-state index in [0.29, 0.717) is 6.04 Å². The number of methoxy groups -OCH3 is 2. The van der Waals surface area contributed by atoms with E-state index in [4.69, 9.17) is 9.47 Å². The smallest absolute Gasteiger partial charge is 0.161 e. The molecule has 0 spiro atoms. The molecule has 1 aliphatic heterocycles. The Bertz CT molecular complexity index is 487. The summed E-state index contributed by atoms with van der Waals surface area (Å²) in [6.45, 7) is 5.90. The fourth-order valence-corrected chi connectivity index (χ4v) is 3.30. The zero-order chi connectivity index (χ0) is 14.9. The molecule has 20 heavy (non-hydrogen) atoms. The van der Waals surface area contributed by atoms with Crippen LogP contribution in [-0.4, -0.2) is 50.1 Å². The van der Waals surface area contributed by atoms with Gasteiger partial charge in [-0.3, -0.25) is 0 Å². The van der Waals surface area contributed by atoms with Gasteiger partial charge in [0.1, 0.15) is 18.7 Å². The van der Waals surface area contributed by atoms with Crippen LogP contribution in [0.15, 0.2) is 12.1 Å². The molecule has 1 aromatic rings. The summed E-state index contributed by atoms with van der Waals surface area (Å²) < 4.78 is 11.7. The molecule has 0 unspecified atom stereocenters. The largest absolute Gasteiger partial charge is 0.493 e. The second kappa shape index (κ2) is 5.62. The van der Waals surface area contributed by atoms with Gasteiger partial charge in [0.05, 0.1) is 27.8 Å². The summed E-state index contributed by atoms with van der Waals surface area (Å²) in [4.78, 5) is 0. The molecule has 1 heterocycles. The molecule has 0 aromatic heterocycles. The molecule has 1 aliphatic rings. The van der Waals surface area contributed by atoms with Crippen LogP contribution in [0, 0.1) is 0 Å². The van der Waals surface area contributed by atoms with Crippen molar-refractivity contribution in [1.29, 1.82) is 0 Å². The lowest BCUT2D eigenvalue weighted by atomic mass is 9.90. The Morgan fingerprint density at radius 1 is 1.30 bits per heavy atom. The highest BCUT2D eigenvalue weighted by atomic mass is 16.5. The van der Waals surface area contributed by atoms with E-state index in [-0.39, 0.29) is 6.10 Å². The Morgan fingerprint density at radius 2 is 1.90 bits per heavy atom. The first kappa shape index (κ1) is 15.1. The molecule has 0 saturated carbocycles. The van der Waals surface area contributed by atoms with Crippen LogP contribution in [0.2, 0.25) is 0 Å². The van der Waals surface area contributed by atoms with Crippen LogP contribution in [0.4, 0.5) is 0 Å². The van der Waals surface area contributed by atoms with E-state index in [1.54, 1.807) is 14.2 Å². The molecule has 4 nitrogen and oxygen atoms in total. The fourth-order valence-electron chi connectivity index (χ4n) is 3.30. The van der Waals surface area contributed by atoms with Gasteiger partial charge in [0.15, 0.2) is 11.5 Å². The van der Waals surface area contributed by atoms with Crippen LogP contribution < -0.4 is 9.47 Å². The zero-order valence-corrected chi connectivity index (χ0v) is 13.1. The number of hydrogen-bond donors (Lipinski definition) is 1. The summed E-state index contributed by atoms with van der Waals surface area (Å²) in [5.41, 5.74) is 2.63. The molecule has 0 radical (unpaired) electrons. The topological polar surface area (TPSA) is 38.7 Å². The number of likely N-dealkylation sites (N-methyl/N-ethyl adjacent to an activating group) is 1. The Balaban J connectivity index is 2.41. The molecule has 112 valence electrons. The maximum atomic E-state index is 9.76. The van der Waals surface area contributed by atoms with Gasteiger partial charge in [0.2, 0.25) is 0 Å². The van der Waals surface area contributed by atoms with Gasteiger partial charge in [-0.1, -0.05) is 0 Å². The minimum atomic E-state index is -0.288. The lowest BCUT2D eigenvalue weighted by Gasteiger charge is -2.45. The third-order valence-electron chi connectivity index (χ3n) is 4.60. The predicted octanol–water partition coefficient (Wildman–Crippen LogP) is 2.15. The normalized spacial score (nSPS) is 26.8. The van der Waals surface area contributed by atoms with Crippen molar-refractivity contribution in [2.75, 3.05) is 34.4 Å². The van der Waals surface area contributed by atoms with Crippen LogP contribution in [0.1, 0.15) is 31.0 Å². The summed E-state index contributed by atoms with van der Waals surface area (Å²) in [7, 11) is 5.56. The van der Waals surface area contributed by atoms with Gasteiger partial charge in [-0.15, -0.1) is 0 Å². The quantitative estimate of drug-likeness (QED) is 0.859. The minimum absolute atomic E-state index is 0.288. The summed E-state index contributed by atoms with van der Waals surface area (Å²) in [6, 6.07) is 4.53. The van der Waals surface area contributed by atoms with E-state index in [0.717, 1.165) is 35.5 Å². The Kier molecular flexibility index (Phi) is 4.25. The van der Waals surface area contributed by atoms with Gasteiger partial charge in [0, 0.05) is 12.0 Å². The molecule has 0 saturated heterocycles. The fraction of sp³-hybridized carbons (Fsp3) is 0.625. The molecule has 0 amide bonds. The summed E-state index contributed by atoms with van der Waals surface area (Å²) in [6.07, 6.45) is 0.715. The van der Waals surface area contributed by atoms with Gasteiger partial charge in [-0.05, 0) is 31.5 Å². The molecule has 1 aromatic carbocycles. The molecule has 3 atom stereocenters. The van der Waals surface area contributed by atoms with E-state index >= 15 is 0 Å². The summed E-state index contributed by atoms with van der Waals surface area (Å²) >= 11 is 0. The van der Waals surface area contributed by atoms with E-state index < -0.39 is 0 Å². The molecule has 1 N–H and O–H groups in total. The van der Waals surface area contributed by atoms with Crippen molar-refractivity contribution in [3.63, 3.8) is 0 Å². The minimum Gasteiger partial charge on any atom is -0.493 e. The lowest BCUT2D eigenvalue weighted by Crippen LogP contribution is -2.53. The number of ether oxygens (including phenoxy) is 2. The SMILES string of the molecule is COc1cc2c(cc1OC)[C@H](C)[N@+](C)(C[C@@H](C)O)CC2. The highest BCUT2D eigenvalue weighted by Crippen LogP contribution is 2.40. The number of aliphatic hydroxyl groups excluding tert-OH is 1. The predicted molar refractivity (Wildman–Crippen MR) is 79.3 cm³/mol. The van der Waals surface area contributed by atoms with Crippen molar-refractivity contribution >= 4 is 0 Å². The van der Waals surface area contributed by atoms with E-state index in [1.165, 1.54) is 11.1 Å². The summed E-state index contributed by atoms with van der Waals surface area (Å²) in [5, 5.41) is 9.76. The number of nitrogens with zero attached hydrogens (tertiary/aromatic N) is 1. The van der Waals surface area contributed by atoms with Crippen LogP contribution in [0.25, 0.3) is 0 Å². The van der Waals surface area contributed by atoms with Crippen molar-refractivity contribution in [3.8, 4) is 11.5 Å². The molecule has 0 bridgehead atoms. The lowest BCUT2D eigenvalue weighted by molar-refractivity contribution is -0.942. The van der Waals surface area contributed by atoms with E-state index in [1.807, 2.05) is 6.92 Å². The number of quaternary nitrogens is 1. The van der Waals surface area contributed by atoms with Crippen molar-refractivity contribution in [1.82, 2.24) is 0 Å². The third-order valence-corrected chi connectivity index (χ3v) is 4.60. The monoisotopic (exact) mass is 280 g/mol. The van der Waals surface area contributed by atoms with Crippen LogP contribution >= 0.6 is 0 Å². The van der Waals surface area contributed by atoms with E-state index in [2.05, 4.69) is 26.1 Å². The average molecular weight is 280 g/mol. The number of hydrogen-bond acceptors (Lipinski definition) is 3. The molecule has 0 fully saturated rings. The first-order chi connectivity index (χ1) is 9.41. The number of fused-ring (bicyclic) bond motifs is 1. The Morgan fingerprint density at radius 3 is 2.45 bits per heavy atom. The summed E-state index contributed by atoms with van der Waals surface area (Å²) in [5.74, 6) is 1.58. The number of rotatable bonds is 4. The highest BCUT2D eigenvalue weighted by molar-refractivity contribution is 5.48. The Labute approximate surface area is 121 Å². The average Bonchev–Trinajstić information content (AvgIpc) is 2.41. The molecule has 4 heteroatoms. The molecule has 0 aliphatic carbocycles. The van der Waals surface area contributed by atoms with Crippen LogP contribution in [0.3, 0.4) is 0 Å². The van der Waals surface area contributed by atoms with Crippen LogP contribution in [-0.2, 0) is 6.42 Å². The molecular weight excluding hydrogens is 254 g/mol. The van der Waals surface area contributed by atoms with Gasteiger partial charge in [-0.25, -0.2) is 0 Å². The van der Waals surface area contributed by atoms with Crippen molar-refractivity contribution in [2.45, 2.75) is 32.4 Å². The van der Waals surface area contributed by atoms with Gasteiger partial charge in [0.25, 0.3) is 0 Å². The van der Waals surface area contributed by atoms with Gasteiger partial charge < -0.3 is 19.1 Å². The second-order valence-electron chi connectivity index (χ2n) is 6.07. The maximum Gasteiger partial charge on any atom is 0.161 e. The molecule has 2 rings (SSSR count). The van der Waals surface area contributed by atoms with E-state index in [9.17, 15) is 5.11 Å². The number of aliphatic hydroxyl groups is 1. The first-order valence-electron chi connectivity index (χ1n) is 7.18. The van der Waals surface area contributed by atoms with Crippen LogP contribution in [0.5, 0.6) is 11.5 Å². The maximum absolute atomic E-state index is 9.76. The molecular formula is C16H26NO3+. The zero-order valence-electron chi connectivity index (χ0n) is 13.1. The first-order valence-corrected chi connectivity index (χ1v) is 7.18. The Hall–Kier alpha value is -1.26. The van der Waals surface area contributed by atoms with Crippen molar-refractivity contribution in [3.05, 3.63) is 23.3 Å². The van der Waals surface area contributed by atoms with Crippen molar-refractivity contribution < 1.29 is 19.1 Å². The standard InChI is InChI=1S/C16H26NO3/c1-11(18)10-17(3)7-6-13-8-15(19-4)16(20-5)9-14(13)12(17)2/h8-9,11-12,18H,6-7,10H2,1-5H3/q+1/t11-,12+,17+/m1/s1. The number of benzene rings is 1. The third kappa shape index (κ3) is 2.63. The second-order valence-corrected chi connectivity index (χ2v) is 6.07. The van der Waals surface area contributed by atoms with Gasteiger partial charge in [-0.2, -0.15) is 0 Å².